The molecule has 0 aliphatic carbocycles. The fourth-order valence-electron chi connectivity index (χ4n) is 4.23. The molecule has 1 atom stereocenters. The maximum absolute atomic E-state index is 13.3. The van der Waals surface area contributed by atoms with E-state index in [9.17, 15) is 14.7 Å². The lowest BCUT2D eigenvalue weighted by Gasteiger charge is -2.25. The van der Waals surface area contributed by atoms with Crippen LogP contribution in [-0.4, -0.2) is 34.9 Å². The van der Waals surface area contributed by atoms with E-state index in [4.69, 9.17) is 13.9 Å². The zero-order valence-corrected chi connectivity index (χ0v) is 21.5. The molecule has 1 aliphatic rings. The summed E-state index contributed by atoms with van der Waals surface area (Å²) in [5.74, 6) is 0.663. The van der Waals surface area contributed by atoms with Crippen LogP contribution in [0.1, 0.15) is 56.5 Å². The molecular weight excluding hydrogens is 470 g/mol. The summed E-state index contributed by atoms with van der Waals surface area (Å²) in [6.07, 6.45) is 3.30. The van der Waals surface area contributed by atoms with Gasteiger partial charge in [-0.05, 0) is 72.9 Å². The van der Waals surface area contributed by atoms with Gasteiger partial charge in [-0.3, -0.25) is 9.59 Å². The van der Waals surface area contributed by atoms with Gasteiger partial charge >= 0.3 is 0 Å². The van der Waals surface area contributed by atoms with Crippen LogP contribution in [0, 0.1) is 5.92 Å². The summed E-state index contributed by atoms with van der Waals surface area (Å²) in [7, 11) is 0. The van der Waals surface area contributed by atoms with Crippen molar-refractivity contribution < 1.29 is 28.6 Å². The number of aliphatic hydroxyl groups excluding tert-OH is 1. The fraction of sp³-hybridized carbons (Fsp3) is 0.333. The van der Waals surface area contributed by atoms with Crippen LogP contribution in [-0.2, 0) is 16.1 Å². The number of ether oxygens (including phenoxy) is 2. The summed E-state index contributed by atoms with van der Waals surface area (Å²) in [6.45, 7) is 7.50. The van der Waals surface area contributed by atoms with Crippen LogP contribution < -0.4 is 9.47 Å². The van der Waals surface area contributed by atoms with Crippen LogP contribution in [0.15, 0.2) is 76.9 Å². The highest BCUT2D eigenvalue weighted by atomic mass is 16.5. The van der Waals surface area contributed by atoms with Gasteiger partial charge in [-0.25, -0.2) is 0 Å². The summed E-state index contributed by atoms with van der Waals surface area (Å²) >= 11 is 0. The van der Waals surface area contributed by atoms with Gasteiger partial charge in [0.25, 0.3) is 11.7 Å². The molecule has 1 N–H and O–H groups in total. The molecule has 1 fully saturated rings. The van der Waals surface area contributed by atoms with E-state index in [1.807, 2.05) is 31.2 Å². The van der Waals surface area contributed by atoms with E-state index < -0.39 is 17.7 Å². The lowest BCUT2D eigenvalue weighted by Crippen LogP contribution is -2.29. The number of rotatable bonds is 11. The first-order chi connectivity index (χ1) is 17.9. The first kappa shape index (κ1) is 26.1. The highest BCUT2D eigenvalue weighted by Crippen LogP contribution is 2.41. The van der Waals surface area contributed by atoms with E-state index in [0.29, 0.717) is 47.5 Å². The van der Waals surface area contributed by atoms with E-state index in [0.717, 1.165) is 12.8 Å². The Kier molecular flexibility index (Phi) is 8.33. The van der Waals surface area contributed by atoms with Crippen molar-refractivity contribution in [1.82, 2.24) is 4.90 Å². The monoisotopic (exact) mass is 503 g/mol. The van der Waals surface area contributed by atoms with Gasteiger partial charge < -0.3 is 23.9 Å². The van der Waals surface area contributed by atoms with Gasteiger partial charge in [0, 0.05) is 5.56 Å². The maximum atomic E-state index is 13.3. The molecule has 0 bridgehead atoms. The Labute approximate surface area is 217 Å². The summed E-state index contributed by atoms with van der Waals surface area (Å²) in [6, 6.07) is 16.8. The van der Waals surface area contributed by atoms with Gasteiger partial charge in [-0.2, -0.15) is 0 Å². The smallest absolute Gasteiger partial charge is 0.296 e. The number of carbonyl (C=O) groups is 2. The Bertz CT molecular complexity index is 1240. The maximum Gasteiger partial charge on any atom is 0.296 e. The van der Waals surface area contributed by atoms with E-state index in [1.165, 1.54) is 11.2 Å². The molecule has 194 valence electrons. The molecule has 2 aromatic carbocycles. The van der Waals surface area contributed by atoms with Crippen LogP contribution in [0.25, 0.3) is 5.76 Å². The lowest BCUT2D eigenvalue weighted by atomic mass is 9.95. The predicted molar refractivity (Wildman–Crippen MR) is 140 cm³/mol. The van der Waals surface area contributed by atoms with Crippen molar-refractivity contribution in [3.63, 3.8) is 0 Å². The summed E-state index contributed by atoms with van der Waals surface area (Å²) in [4.78, 5) is 27.9. The molecule has 7 heteroatoms. The van der Waals surface area contributed by atoms with Crippen molar-refractivity contribution in [3.8, 4) is 11.5 Å². The van der Waals surface area contributed by atoms with E-state index >= 15 is 0 Å². The number of hydrogen-bond acceptors (Lipinski definition) is 6. The van der Waals surface area contributed by atoms with Gasteiger partial charge in [-0.1, -0.05) is 32.9 Å². The molecule has 0 radical (unpaired) electrons. The SMILES string of the molecule is CCCOc1ccc(C(O)=C2C(=O)C(=O)N(Cc3ccco3)C2c2cccc(OCCC(C)C)c2)cc1. The molecule has 1 aromatic heterocycles. The second-order valence-corrected chi connectivity index (χ2v) is 9.48. The third-order valence-corrected chi connectivity index (χ3v) is 6.18. The van der Waals surface area contributed by atoms with Crippen LogP contribution >= 0.6 is 0 Å². The minimum atomic E-state index is -0.810. The third-order valence-electron chi connectivity index (χ3n) is 6.18. The molecule has 2 heterocycles. The zero-order valence-electron chi connectivity index (χ0n) is 21.5. The zero-order chi connectivity index (χ0) is 26.4. The number of Topliss-reactive ketones (excluding diaryl/α,β-unsaturated/α-hetero) is 1. The molecule has 7 nitrogen and oxygen atoms in total. The fourth-order valence-corrected chi connectivity index (χ4v) is 4.23. The number of hydrogen-bond donors (Lipinski definition) is 1. The number of likely N-dealkylation sites (tertiary alicyclic amines) is 1. The molecule has 1 saturated heterocycles. The normalized spacial score (nSPS) is 17.0. The van der Waals surface area contributed by atoms with Crippen LogP contribution in [0.4, 0.5) is 0 Å². The quantitative estimate of drug-likeness (QED) is 0.193. The molecule has 37 heavy (non-hydrogen) atoms. The van der Waals surface area contributed by atoms with Gasteiger partial charge in [0.15, 0.2) is 0 Å². The average Bonchev–Trinajstić information content (AvgIpc) is 3.50. The minimum Gasteiger partial charge on any atom is -0.507 e. The number of carbonyl (C=O) groups excluding carboxylic acids is 2. The number of furan rings is 1. The number of aliphatic hydroxyl groups is 1. The molecule has 3 aromatic rings. The number of benzene rings is 2. The molecular formula is C30H33NO6. The second kappa shape index (κ2) is 11.8. The van der Waals surface area contributed by atoms with Crippen molar-refractivity contribution in [2.45, 2.75) is 46.2 Å². The van der Waals surface area contributed by atoms with Crippen molar-refractivity contribution in [2.24, 2.45) is 5.92 Å². The highest BCUT2D eigenvalue weighted by molar-refractivity contribution is 6.46. The van der Waals surface area contributed by atoms with E-state index in [-0.39, 0.29) is 17.9 Å². The largest absolute Gasteiger partial charge is 0.507 e. The van der Waals surface area contributed by atoms with Crippen molar-refractivity contribution in [2.75, 3.05) is 13.2 Å². The van der Waals surface area contributed by atoms with Crippen molar-refractivity contribution in [3.05, 3.63) is 89.4 Å². The van der Waals surface area contributed by atoms with Gasteiger partial charge in [0.1, 0.15) is 23.0 Å². The second-order valence-electron chi connectivity index (χ2n) is 9.48. The minimum absolute atomic E-state index is 0.0260. The molecule has 0 spiro atoms. The average molecular weight is 504 g/mol. The van der Waals surface area contributed by atoms with Crippen LogP contribution in [0.3, 0.4) is 0 Å². The Morgan fingerprint density at radius 2 is 1.76 bits per heavy atom. The Hall–Kier alpha value is -4.00. The van der Waals surface area contributed by atoms with Gasteiger partial charge in [0.2, 0.25) is 0 Å². The molecule has 1 aliphatic heterocycles. The molecule has 0 saturated carbocycles. The van der Waals surface area contributed by atoms with Crippen LogP contribution in [0.2, 0.25) is 0 Å². The van der Waals surface area contributed by atoms with Crippen LogP contribution in [0.5, 0.6) is 11.5 Å². The van der Waals surface area contributed by atoms with Gasteiger partial charge in [0.05, 0.1) is 37.6 Å². The highest BCUT2D eigenvalue weighted by Gasteiger charge is 2.46. The van der Waals surface area contributed by atoms with Crippen molar-refractivity contribution in [1.29, 1.82) is 0 Å². The Balaban J connectivity index is 1.73. The molecule has 1 amide bonds. The third kappa shape index (κ3) is 6.05. The number of ketones is 1. The standard InChI is InChI=1S/C30H33NO6/c1-4-15-35-23-12-10-21(11-13-23)28(32)26-27(22-7-5-8-24(18-22)37-17-14-20(2)3)31(30(34)29(26)33)19-25-9-6-16-36-25/h5-13,16,18,20,27,32H,4,14-15,17,19H2,1-3H3. The number of amides is 1. The summed E-state index contributed by atoms with van der Waals surface area (Å²) in [5.41, 5.74) is 1.12. The predicted octanol–water partition coefficient (Wildman–Crippen LogP) is 6.12. The topological polar surface area (TPSA) is 89.2 Å². The molecule has 4 rings (SSSR count). The first-order valence-corrected chi connectivity index (χ1v) is 12.7. The van der Waals surface area contributed by atoms with Gasteiger partial charge in [-0.15, -0.1) is 0 Å². The number of nitrogens with zero attached hydrogens (tertiary/aromatic N) is 1. The van der Waals surface area contributed by atoms with Crippen molar-refractivity contribution >= 4 is 17.4 Å². The Morgan fingerprint density at radius 1 is 1.00 bits per heavy atom. The van der Waals surface area contributed by atoms with E-state index in [1.54, 1.807) is 36.4 Å². The Morgan fingerprint density at radius 3 is 2.43 bits per heavy atom. The summed E-state index contributed by atoms with van der Waals surface area (Å²) < 4.78 is 17.0. The van der Waals surface area contributed by atoms with E-state index in [2.05, 4.69) is 13.8 Å². The molecule has 1 unspecified atom stereocenters. The summed E-state index contributed by atoms with van der Waals surface area (Å²) in [5, 5.41) is 11.3. The lowest BCUT2D eigenvalue weighted by molar-refractivity contribution is -0.140. The first-order valence-electron chi connectivity index (χ1n) is 12.7.